The fourth-order valence-corrected chi connectivity index (χ4v) is 3.23. The van der Waals surface area contributed by atoms with Crippen LogP contribution in [0.1, 0.15) is 48.3 Å². The van der Waals surface area contributed by atoms with Crippen LogP contribution in [-0.2, 0) is 0 Å². The van der Waals surface area contributed by atoms with Gasteiger partial charge in [-0.1, -0.05) is 37.8 Å². The van der Waals surface area contributed by atoms with Gasteiger partial charge in [0.1, 0.15) is 5.75 Å². The Morgan fingerprint density at radius 3 is 1.75 bits per heavy atom. The molecule has 0 saturated carbocycles. The number of aliphatic hydroxyl groups is 2. The number of benzene rings is 2. The molecule has 0 amide bonds. The van der Waals surface area contributed by atoms with Crippen LogP contribution in [0.25, 0.3) is 0 Å². The maximum atomic E-state index is 10.9. The molecule has 2 aromatic rings. The molecule has 0 aliphatic heterocycles. The summed E-state index contributed by atoms with van der Waals surface area (Å²) in [4.78, 5) is 0. The van der Waals surface area contributed by atoms with Crippen LogP contribution in [0.5, 0.6) is 17.2 Å². The first-order chi connectivity index (χ1) is 15.3. The molecule has 0 aliphatic rings. The van der Waals surface area contributed by atoms with Gasteiger partial charge in [0.2, 0.25) is 0 Å². The Morgan fingerprint density at radius 2 is 1.25 bits per heavy atom. The van der Waals surface area contributed by atoms with Crippen LogP contribution in [0.15, 0.2) is 55.6 Å². The smallest absolute Gasteiger partial charge is 0.161 e. The summed E-state index contributed by atoms with van der Waals surface area (Å²) in [5.74, 6) is 7.57. The average molecular weight is 437 g/mol. The van der Waals surface area contributed by atoms with Crippen molar-refractivity contribution in [3.63, 3.8) is 0 Å². The van der Waals surface area contributed by atoms with E-state index in [-0.39, 0.29) is 11.8 Å². The van der Waals surface area contributed by atoms with Gasteiger partial charge in [-0.2, -0.15) is 0 Å². The molecule has 0 radical (unpaired) electrons. The Kier molecular flexibility index (Phi) is 8.95. The Morgan fingerprint density at radius 1 is 0.750 bits per heavy atom. The van der Waals surface area contributed by atoms with Crippen molar-refractivity contribution in [2.45, 2.75) is 26.1 Å². The molecule has 2 aromatic carbocycles. The second-order valence-corrected chi connectivity index (χ2v) is 7.58. The molecule has 0 fully saturated rings. The van der Waals surface area contributed by atoms with Gasteiger partial charge in [0.25, 0.3) is 0 Å². The highest BCUT2D eigenvalue weighted by Gasteiger charge is 2.21. The minimum absolute atomic E-state index is 0.172. The first-order valence-corrected chi connectivity index (χ1v) is 10.4. The summed E-state index contributed by atoms with van der Waals surface area (Å²) >= 11 is 0. The van der Waals surface area contributed by atoms with Crippen molar-refractivity contribution in [3.05, 3.63) is 77.9 Å². The van der Waals surface area contributed by atoms with Gasteiger partial charge in [-0.3, -0.25) is 0 Å². The number of rotatable bonds is 9. The van der Waals surface area contributed by atoms with E-state index in [0.29, 0.717) is 39.5 Å². The molecular weight excluding hydrogens is 404 g/mol. The Labute approximate surface area is 191 Å². The van der Waals surface area contributed by atoms with E-state index in [1.54, 1.807) is 57.7 Å². The van der Waals surface area contributed by atoms with Crippen LogP contribution in [-0.4, -0.2) is 31.5 Å². The molecule has 0 bridgehead atoms. The predicted molar refractivity (Wildman–Crippen MR) is 127 cm³/mol. The highest BCUT2D eigenvalue weighted by Crippen LogP contribution is 2.36. The van der Waals surface area contributed by atoms with E-state index in [1.807, 2.05) is 19.9 Å². The molecule has 32 heavy (non-hydrogen) atoms. The molecule has 4 atom stereocenters. The lowest BCUT2D eigenvalue weighted by molar-refractivity contribution is 0.139. The molecule has 4 unspecified atom stereocenters. The lowest BCUT2D eigenvalue weighted by Crippen LogP contribution is -2.10. The van der Waals surface area contributed by atoms with E-state index in [2.05, 4.69) is 25.0 Å². The van der Waals surface area contributed by atoms with E-state index >= 15 is 0 Å². The first-order valence-electron chi connectivity index (χ1n) is 10.4. The largest absolute Gasteiger partial charge is 0.497 e. The quantitative estimate of drug-likeness (QED) is 0.436. The minimum atomic E-state index is -0.821. The molecule has 2 rings (SSSR count). The molecule has 5 nitrogen and oxygen atoms in total. The van der Waals surface area contributed by atoms with Gasteiger partial charge in [0.15, 0.2) is 11.5 Å². The zero-order valence-corrected chi connectivity index (χ0v) is 19.4. The molecule has 170 valence electrons. The summed E-state index contributed by atoms with van der Waals surface area (Å²) in [6.45, 7) is 11.3. The van der Waals surface area contributed by atoms with Crippen LogP contribution in [0.4, 0.5) is 0 Å². The molecule has 0 aliphatic carbocycles. The second-order valence-electron chi connectivity index (χ2n) is 7.58. The third-order valence-electron chi connectivity index (χ3n) is 5.52. The maximum absolute atomic E-state index is 10.9. The zero-order chi connectivity index (χ0) is 23.8. The van der Waals surface area contributed by atoms with Gasteiger partial charge in [-0.25, -0.2) is 0 Å². The Balaban J connectivity index is 2.66. The molecule has 2 N–H and O–H groups in total. The highest BCUT2D eigenvalue weighted by molar-refractivity contribution is 5.57. The average Bonchev–Trinajstić information content (AvgIpc) is 2.84. The van der Waals surface area contributed by atoms with Crippen molar-refractivity contribution >= 4 is 0 Å². The van der Waals surface area contributed by atoms with Crippen molar-refractivity contribution in [1.29, 1.82) is 0 Å². The summed E-state index contributed by atoms with van der Waals surface area (Å²) in [6, 6.07) is 8.86. The van der Waals surface area contributed by atoms with Crippen LogP contribution >= 0.6 is 0 Å². The third-order valence-corrected chi connectivity index (χ3v) is 5.52. The van der Waals surface area contributed by atoms with Crippen molar-refractivity contribution in [2.24, 2.45) is 11.8 Å². The van der Waals surface area contributed by atoms with Crippen molar-refractivity contribution in [3.8, 4) is 29.1 Å². The fraction of sp³-hybridized carbons (Fsp3) is 0.333. The SMILES string of the molecule is C=CC(C)C(O)c1cc(OC)ccc1C#Cc1cc(OC)c(OC)cc1C(O)C(C)C=C. The molecule has 0 aromatic heterocycles. The summed E-state index contributed by atoms with van der Waals surface area (Å²) in [5.41, 5.74) is 2.50. The van der Waals surface area contributed by atoms with Gasteiger partial charge in [-0.15, -0.1) is 13.2 Å². The number of methoxy groups -OCH3 is 3. The summed E-state index contributed by atoms with van der Waals surface area (Å²) in [6.07, 6.45) is 1.77. The molecule has 0 saturated heterocycles. The van der Waals surface area contributed by atoms with E-state index in [1.165, 1.54) is 0 Å². The van der Waals surface area contributed by atoms with Crippen LogP contribution in [0.2, 0.25) is 0 Å². The highest BCUT2D eigenvalue weighted by atomic mass is 16.5. The van der Waals surface area contributed by atoms with Crippen molar-refractivity contribution in [2.75, 3.05) is 21.3 Å². The van der Waals surface area contributed by atoms with Gasteiger partial charge < -0.3 is 24.4 Å². The molecule has 0 heterocycles. The first kappa shape index (κ1) is 25.1. The Hall–Kier alpha value is -3.20. The van der Waals surface area contributed by atoms with Gasteiger partial charge in [-0.05, 0) is 24.3 Å². The van der Waals surface area contributed by atoms with E-state index in [0.717, 1.165) is 0 Å². The van der Waals surface area contributed by atoms with E-state index in [9.17, 15) is 10.2 Å². The summed E-state index contributed by atoms with van der Waals surface area (Å²) in [7, 11) is 4.67. The van der Waals surface area contributed by atoms with Crippen LogP contribution < -0.4 is 14.2 Å². The number of hydrogen-bond donors (Lipinski definition) is 2. The minimum Gasteiger partial charge on any atom is -0.497 e. The monoisotopic (exact) mass is 436 g/mol. The topological polar surface area (TPSA) is 68.2 Å². The van der Waals surface area contributed by atoms with Gasteiger partial charge >= 0.3 is 0 Å². The standard InChI is InChI=1S/C27H32O5/c1-8-17(3)26(28)22-15-21(30-5)13-12-19(22)10-11-20-14-24(31-6)25(32-7)16-23(20)27(29)18(4)9-2/h8-9,12-18,26-29H,1-2H2,3-7H3. The molecule has 0 spiro atoms. The lowest BCUT2D eigenvalue weighted by atomic mass is 9.91. The normalized spacial score (nSPS) is 14.2. The van der Waals surface area contributed by atoms with Crippen LogP contribution in [0.3, 0.4) is 0 Å². The van der Waals surface area contributed by atoms with E-state index < -0.39 is 12.2 Å². The number of aliphatic hydroxyl groups excluding tert-OH is 2. The van der Waals surface area contributed by atoms with E-state index in [4.69, 9.17) is 14.2 Å². The van der Waals surface area contributed by atoms with Crippen molar-refractivity contribution in [1.82, 2.24) is 0 Å². The lowest BCUT2D eigenvalue weighted by Gasteiger charge is -2.20. The summed E-state index contributed by atoms with van der Waals surface area (Å²) in [5, 5.41) is 21.7. The summed E-state index contributed by atoms with van der Waals surface area (Å²) < 4.78 is 16.2. The Bertz CT molecular complexity index is 1010. The number of hydrogen-bond acceptors (Lipinski definition) is 5. The second kappa shape index (κ2) is 11.4. The fourth-order valence-electron chi connectivity index (χ4n) is 3.23. The maximum Gasteiger partial charge on any atom is 0.161 e. The van der Waals surface area contributed by atoms with Crippen molar-refractivity contribution < 1.29 is 24.4 Å². The van der Waals surface area contributed by atoms with Gasteiger partial charge in [0.05, 0.1) is 33.5 Å². The van der Waals surface area contributed by atoms with Gasteiger partial charge in [0, 0.05) is 40.2 Å². The molecule has 5 heteroatoms. The molecular formula is C27H32O5. The third kappa shape index (κ3) is 5.53. The number of ether oxygens (including phenoxy) is 3. The zero-order valence-electron chi connectivity index (χ0n) is 19.4. The van der Waals surface area contributed by atoms with Crippen LogP contribution in [0, 0.1) is 23.7 Å². The predicted octanol–water partition coefficient (Wildman–Crippen LogP) is 4.82.